The van der Waals surface area contributed by atoms with Gasteiger partial charge in [0.1, 0.15) is 0 Å². The molecule has 1 aliphatic heterocycles. The Bertz CT molecular complexity index is 587. The molecule has 1 fully saturated rings. The normalized spacial score (nSPS) is 16.5. The molecule has 0 unspecified atom stereocenters. The fourth-order valence-electron chi connectivity index (χ4n) is 3.15. The van der Waals surface area contributed by atoms with Gasteiger partial charge in [0.15, 0.2) is 5.96 Å². The van der Waals surface area contributed by atoms with Crippen molar-refractivity contribution in [2.75, 3.05) is 38.3 Å². The first-order valence-electron chi connectivity index (χ1n) is 9.50. The van der Waals surface area contributed by atoms with Crippen molar-refractivity contribution in [1.29, 1.82) is 0 Å². The summed E-state index contributed by atoms with van der Waals surface area (Å²) in [5.41, 5.74) is 2.58. The molecule has 1 aromatic carbocycles. The fourth-order valence-corrected chi connectivity index (χ4v) is 5.10. The van der Waals surface area contributed by atoms with Gasteiger partial charge in [-0.15, -0.1) is 35.7 Å². The molecule has 4 nitrogen and oxygen atoms in total. The van der Waals surface area contributed by atoms with Gasteiger partial charge in [-0.25, -0.2) is 4.99 Å². The van der Waals surface area contributed by atoms with Crippen molar-refractivity contribution < 1.29 is 4.74 Å². The smallest absolute Gasteiger partial charge is 0.191 e. The summed E-state index contributed by atoms with van der Waals surface area (Å²) in [4.78, 5) is 6.15. The summed E-state index contributed by atoms with van der Waals surface area (Å²) >= 11 is 3.84. The Balaban J connectivity index is 0.00000364. The van der Waals surface area contributed by atoms with E-state index < -0.39 is 0 Å². The third kappa shape index (κ3) is 8.03. The quantitative estimate of drug-likeness (QED) is 0.224. The molecule has 1 heterocycles. The summed E-state index contributed by atoms with van der Waals surface area (Å²) < 4.78 is 5.84. The molecular weight excluding hydrogens is 489 g/mol. The first kappa shape index (κ1) is 24.9. The molecule has 27 heavy (non-hydrogen) atoms. The summed E-state index contributed by atoms with van der Waals surface area (Å²) in [6, 6.07) is 6.60. The van der Waals surface area contributed by atoms with Crippen molar-refractivity contribution in [2.45, 2.75) is 49.8 Å². The molecule has 0 bridgehead atoms. The van der Waals surface area contributed by atoms with E-state index in [1.807, 2.05) is 0 Å². The zero-order valence-corrected chi connectivity index (χ0v) is 20.9. The highest BCUT2D eigenvalue weighted by Crippen LogP contribution is 2.34. The van der Waals surface area contributed by atoms with Crippen LogP contribution in [0.2, 0.25) is 0 Å². The lowest BCUT2D eigenvalue weighted by molar-refractivity contribution is 0.0782. The van der Waals surface area contributed by atoms with Crippen molar-refractivity contribution in [1.82, 2.24) is 10.6 Å². The van der Waals surface area contributed by atoms with Crippen LogP contribution in [0.25, 0.3) is 0 Å². The maximum atomic E-state index is 5.58. The van der Waals surface area contributed by atoms with Crippen molar-refractivity contribution in [3.05, 3.63) is 29.3 Å². The minimum Gasteiger partial charge on any atom is -0.381 e. The van der Waals surface area contributed by atoms with Gasteiger partial charge in [-0.05, 0) is 55.9 Å². The molecule has 1 aliphatic rings. The number of aryl methyl sites for hydroxylation is 1. The van der Waals surface area contributed by atoms with Gasteiger partial charge in [0, 0.05) is 35.9 Å². The van der Waals surface area contributed by atoms with E-state index in [-0.39, 0.29) is 28.7 Å². The SMILES string of the molecule is CCNC(=NCc1ccc(C)cc1SC)NCC1(SCC)CCOCC1.I. The highest BCUT2D eigenvalue weighted by molar-refractivity contribution is 14.0. The minimum absolute atomic E-state index is 0. The van der Waals surface area contributed by atoms with Crippen LogP contribution in [0, 0.1) is 6.92 Å². The monoisotopic (exact) mass is 523 g/mol. The Morgan fingerprint density at radius 2 is 1.96 bits per heavy atom. The standard InChI is InChI=1S/C20H33N3OS2.HI/c1-5-21-19(22-14-17-8-7-16(3)13-18(17)25-4)23-15-20(26-6-2)9-11-24-12-10-20;/h7-8,13H,5-6,9-12,14-15H2,1-4H3,(H2,21,22,23);1H. The van der Waals surface area contributed by atoms with Crippen LogP contribution < -0.4 is 10.6 Å². The van der Waals surface area contributed by atoms with Crippen molar-refractivity contribution in [2.24, 2.45) is 4.99 Å². The zero-order chi connectivity index (χ0) is 18.8. The molecule has 0 amide bonds. The molecule has 1 aromatic rings. The van der Waals surface area contributed by atoms with E-state index in [0.29, 0.717) is 6.54 Å². The van der Waals surface area contributed by atoms with Gasteiger partial charge in [0.25, 0.3) is 0 Å². The van der Waals surface area contributed by atoms with Crippen LogP contribution in [0.5, 0.6) is 0 Å². The number of hydrogen-bond acceptors (Lipinski definition) is 4. The molecule has 2 N–H and O–H groups in total. The number of guanidine groups is 1. The zero-order valence-electron chi connectivity index (χ0n) is 17.0. The number of aliphatic imine (C=N–C) groups is 1. The molecular formula is C20H34IN3OS2. The summed E-state index contributed by atoms with van der Waals surface area (Å²) in [5.74, 6) is 2.04. The van der Waals surface area contributed by atoms with E-state index in [1.165, 1.54) is 16.0 Å². The van der Waals surface area contributed by atoms with Gasteiger partial charge in [-0.1, -0.05) is 19.1 Å². The lowest BCUT2D eigenvalue weighted by Crippen LogP contribution is -2.48. The van der Waals surface area contributed by atoms with Crippen LogP contribution in [0.3, 0.4) is 0 Å². The highest BCUT2D eigenvalue weighted by atomic mass is 127. The topological polar surface area (TPSA) is 45.7 Å². The van der Waals surface area contributed by atoms with Crippen LogP contribution >= 0.6 is 47.5 Å². The lowest BCUT2D eigenvalue weighted by Gasteiger charge is -2.37. The Morgan fingerprint density at radius 3 is 2.59 bits per heavy atom. The average molecular weight is 524 g/mol. The van der Waals surface area contributed by atoms with Crippen LogP contribution in [-0.4, -0.2) is 49.0 Å². The van der Waals surface area contributed by atoms with Crippen LogP contribution in [0.15, 0.2) is 28.1 Å². The van der Waals surface area contributed by atoms with Gasteiger partial charge >= 0.3 is 0 Å². The Morgan fingerprint density at radius 1 is 1.22 bits per heavy atom. The maximum Gasteiger partial charge on any atom is 0.191 e. The van der Waals surface area contributed by atoms with E-state index in [4.69, 9.17) is 9.73 Å². The van der Waals surface area contributed by atoms with E-state index in [0.717, 1.165) is 50.9 Å². The molecule has 154 valence electrons. The number of nitrogens with one attached hydrogen (secondary N) is 2. The summed E-state index contributed by atoms with van der Waals surface area (Å²) in [6.07, 6.45) is 4.33. The Hall–Kier alpha value is -0.120. The predicted molar refractivity (Wildman–Crippen MR) is 132 cm³/mol. The maximum absolute atomic E-state index is 5.58. The highest BCUT2D eigenvalue weighted by Gasteiger charge is 2.32. The summed E-state index contributed by atoms with van der Waals surface area (Å²) in [6.45, 7) is 10.7. The van der Waals surface area contributed by atoms with Crippen LogP contribution in [0.4, 0.5) is 0 Å². The van der Waals surface area contributed by atoms with Crippen LogP contribution in [0.1, 0.15) is 37.8 Å². The predicted octanol–water partition coefficient (Wildman–Crippen LogP) is 4.69. The molecule has 7 heteroatoms. The number of thioether (sulfide) groups is 2. The van der Waals surface area contributed by atoms with Gasteiger partial charge in [-0.2, -0.15) is 11.8 Å². The first-order chi connectivity index (χ1) is 12.6. The van der Waals surface area contributed by atoms with Gasteiger partial charge in [0.2, 0.25) is 0 Å². The van der Waals surface area contributed by atoms with Crippen molar-refractivity contribution in [3.8, 4) is 0 Å². The van der Waals surface area contributed by atoms with Crippen LogP contribution in [-0.2, 0) is 11.3 Å². The number of rotatable bonds is 8. The first-order valence-corrected chi connectivity index (χ1v) is 11.7. The van der Waals surface area contributed by atoms with E-state index >= 15 is 0 Å². The Labute approximate surface area is 190 Å². The second-order valence-electron chi connectivity index (χ2n) is 6.59. The molecule has 0 spiro atoms. The number of ether oxygens (including phenoxy) is 1. The van der Waals surface area contributed by atoms with E-state index in [1.54, 1.807) is 11.8 Å². The number of halogens is 1. The third-order valence-corrected chi connectivity index (χ3v) is 6.90. The van der Waals surface area contributed by atoms with E-state index in [2.05, 4.69) is 67.6 Å². The van der Waals surface area contributed by atoms with Crippen molar-refractivity contribution in [3.63, 3.8) is 0 Å². The summed E-state index contributed by atoms with van der Waals surface area (Å²) in [5, 5.41) is 6.98. The number of nitrogens with zero attached hydrogens (tertiary/aromatic N) is 1. The minimum atomic E-state index is 0. The summed E-state index contributed by atoms with van der Waals surface area (Å²) in [7, 11) is 0. The molecule has 1 saturated heterocycles. The van der Waals surface area contributed by atoms with E-state index in [9.17, 15) is 0 Å². The molecule has 0 atom stereocenters. The van der Waals surface area contributed by atoms with Gasteiger partial charge < -0.3 is 15.4 Å². The second-order valence-corrected chi connectivity index (χ2v) is 9.17. The molecule has 0 radical (unpaired) electrons. The Kier molecular flexibility index (Phi) is 12.2. The molecule has 0 aliphatic carbocycles. The number of hydrogen-bond donors (Lipinski definition) is 2. The second kappa shape index (κ2) is 13.2. The van der Waals surface area contributed by atoms with Gasteiger partial charge in [-0.3, -0.25) is 0 Å². The molecule has 0 aromatic heterocycles. The lowest BCUT2D eigenvalue weighted by atomic mass is 9.99. The number of benzene rings is 1. The molecule has 2 rings (SSSR count). The largest absolute Gasteiger partial charge is 0.381 e. The average Bonchev–Trinajstić information content (AvgIpc) is 2.65. The third-order valence-electron chi connectivity index (χ3n) is 4.63. The van der Waals surface area contributed by atoms with Crippen molar-refractivity contribution >= 4 is 53.5 Å². The fraction of sp³-hybridized carbons (Fsp3) is 0.650. The molecule has 0 saturated carbocycles. The van der Waals surface area contributed by atoms with Gasteiger partial charge in [0.05, 0.1) is 6.54 Å².